The van der Waals surface area contributed by atoms with Crippen molar-refractivity contribution in [3.63, 3.8) is 0 Å². The summed E-state index contributed by atoms with van der Waals surface area (Å²) >= 11 is 0. The number of hydrogen-bond acceptors (Lipinski definition) is 0. The van der Waals surface area contributed by atoms with Crippen LogP contribution in [0.15, 0.2) is 42.6 Å². The monoisotopic (exact) mass is 183 g/mol. The van der Waals surface area contributed by atoms with E-state index in [0.29, 0.717) is 0 Å². The molecule has 0 bridgehead atoms. The fourth-order valence-electron chi connectivity index (χ4n) is 1.85. The van der Waals surface area contributed by atoms with Crippen LogP contribution in [0.3, 0.4) is 0 Å². The molecule has 1 aliphatic carbocycles. The van der Waals surface area contributed by atoms with E-state index in [1.807, 2.05) is 6.07 Å². The van der Waals surface area contributed by atoms with E-state index in [9.17, 15) is 0 Å². The van der Waals surface area contributed by atoms with Gasteiger partial charge in [0.05, 0.1) is 0 Å². The Labute approximate surface area is 83.8 Å². The van der Waals surface area contributed by atoms with Gasteiger partial charge in [0.25, 0.3) is 0 Å². The molecule has 1 aromatic carbocycles. The predicted octanol–water partition coefficient (Wildman–Crippen LogP) is 3.56. The minimum atomic E-state index is 0.837. The van der Waals surface area contributed by atoms with Gasteiger partial charge in [0, 0.05) is 11.9 Å². The topological polar surface area (TPSA) is 15.8 Å². The van der Waals surface area contributed by atoms with E-state index < -0.39 is 0 Å². The third-order valence-corrected chi connectivity index (χ3v) is 2.84. The van der Waals surface area contributed by atoms with E-state index in [-0.39, 0.29) is 0 Å². The number of rotatable bonds is 2. The molecule has 1 N–H and O–H groups in total. The van der Waals surface area contributed by atoms with E-state index in [0.717, 1.165) is 5.92 Å². The molecule has 1 nitrogen and oxygen atoms in total. The molecule has 70 valence electrons. The van der Waals surface area contributed by atoms with Crippen LogP contribution in [0, 0.1) is 0 Å². The summed E-state index contributed by atoms with van der Waals surface area (Å²) in [4.78, 5) is 3.34. The van der Waals surface area contributed by atoms with Gasteiger partial charge in [-0.25, -0.2) is 0 Å². The third-order valence-electron chi connectivity index (χ3n) is 2.84. The van der Waals surface area contributed by atoms with Gasteiger partial charge in [0.2, 0.25) is 0 Å². The summed E-state index contributed by atoms with van der Waals surface area (Å²) in [7, 11) is 0. The first kappa shape index (κ1) is 7.86. The summed E-state index contributed by atoms with van der Waals surface area (Å²) in [5.74, 6) is 0.837. The molecule has 0 spiro atoms. The Kier molecular flexibility index (Phi) is 1.69. The average Bonchev–Trinajstić information content (AvgIpc) is 2.98. The zero-order valence-electron chi connectivity index (χ0n) is 8.03. The van der Waals surface area contributed by atoms with Gasteiger partial charge in [0.15, 0.2) is 0 Å². The second-order valence-electron chi connectivity index (χ2n) is 3.99. The van der Waals surface area contributed by atoms with E-state index in [1.54, 1.807) is 0 Å². The van der Waals surface area contributed by atoms with E-state index >= 15 is 0 Å². The van der Waals surface area contributed by atoms with Crippen LogP contribution in [-0.4, -0.2) is 4.98 Å². The molecule has 1 fully saturated rings. The van der Waals surface area contributed by atoms with Gasteiger partial charge in [-0.1, -0.05) is 30.3 Å². The molecule has 1 aromatic heterocycles. The lowest BCUT2D eigenvalue weighted by Gasteiger charge is -1.95. The zero-order valence-corrected chi connectivity index (χ0v) is 8.03. The van der Waals surface area contributed by atoms with Gasteiger partial charge in [-0.15, -0.1) is 0 Å². The molecule has 1 heteroatoms. The molecule has 0 aliphatic heterocycles. The lowest BCUT2D eigenvalue weighted by Crippen LogP contribution is -1.73. The Morgan fingerprint density at radius 1 is 1.07 bits per heavy atom. The van der Waals surface area contributed by atoms with Gasteiger partial charge < -0.3 is 4.98 Å². The van der Waals surface area contributed by atoms with Crippen molar-refractivity contribution in [3.05, 3.63) is 48.2 Å². The molecule has 0 saturated heterocycles. The van der Waals surface area contributed by atoms with Gasteiger partial charge >= 0.3 is 0 Å². The average molecular weight is 183 g/mol. The molecular formula is C13H13N. The Balaban J connectivity index is 1.96. The number of aromatic amines is 1. The largest absolute Gasteiger partial charge is 0.361 e. The van der Waals surface area contributed by atoms with Crippen LogP contribution in [0.1, 0.15) is 24.3 Å². The minimum Gasteiger partial charge on any atom is -0.361 e. The Morgan fingerprint density at radius 2 is 1.86 bits per heavy atom. The first-order valence-corrected chi connectivity index (χ1v) is 5.17. The minimum absolute atomic E-state index is 0.837. The van der Waals surface area contributed by atoms with Gasteiger partial charge in [-0.05, 0) is 36.0 Å². The van der Waals surface area contributed by atoms with Crippen LogP contribution in [0.25, 0.3) is 11.3 Å². The highest BCUT2D eigenvalue weighted by Gasteiger charge is 2.24. The van der Waals surface area contributed by atoms with Crippen LogP contribution in [0.5, 0.6) is 0 Å². The molecule has 2 aromatic rings. The summed E-state index contributed by atoms with van der Waals surface area (Å²) in [5.41, 5.74) is 4.00. The first-order chi connectivity index (χ1) is 6.93. The van der Waals surface area contributed by atoms with Crippen molar-refractivity contribution in [1.29, 1.82) is 0 Å². The summed E-state index contributed by atoms with van der Waals surface area (Å²) in [6.07, 6.45) is 4.89. The maximum absolute atomic E-state index is 3.34. The highest BCUT2D eigenvalue weighted by molar-refractivity contribution is 5.60. The summed E-state index contributed by atoms with van der Waals surface area (Å²) < 4.78 is 0. The first-order valence-electron chi connectivity index (χ1n) is 5.17. The molecule has 1 saturated carbocycles. The smallest absolute Gasteiger partial charge is 0.0456 e. The molecule has 1 aliphatic rings. The second-order valence-corrected chi connectivity index (χ2v) is 3.99. The van der Waals surface area contributed by atoms with E-state index in [4.69, 9.17) is 0 Å². The van der Waals surface area contributed by atoms with Crippen LogP contribution >= 0.6 is 0 Å². The molecule has 14 heavy (non-hydrogen) atoms. The van der Waals surface area contributed by atoms with E-state index in [1.165, 1.54) is 29.7 Å². The normalized spacial score (nSPS) is 15.7. The molecule has 0 unspecified atom stereocenters. The molecular weight excluding hydrogens is 170 g/mol. The van der Waals surface area contributed by atoms with Crippen molar-refractivity contribution in [1.82, 2.24) is 4.98 Å². The molecule has 0 atom stereocenters. The number of nitrogens with one attached hydrogen (secondary N) is 1. The maximum atomic E-state index is 3.34. The van der Waals surface area contributed by atoms with Gasteiger partial charge in [-0.3, -0.25) is 0 Å². The Hall–Kier alpha value is -1.50. The van der Waals surface area contributed by atoms with Crippen LogP contribution in [-0.2, 0) is 0 Å². The standard InChI is InChI=1S/C13H13N/c1-2-4-11(5-3-1)13-8-12(9-14-13)10-6-7-10/h1-5,8-10,14H,6-7H2. The van der Waals surface area contributed by atoms with Crippen molar-refractivity contribution in [2.45, 2.75) is 18.8 Å². The quantitative estimate of drug-likeness (QED) is 0.732. The Morgan fingerprint density at radius 3 is 2.57 bits per heavy atom. The van der Waals surface area contributed by atoms with Crippen molar-refractivity contribution >= 4 is 0 Å². The molecule has 1 heterocycles. The fourth-order valence-corrected chi connectivity index (χ4v) is 1.85. The van der Waals surface area contributed by atoms with Gasteiger partial charge in [-0.2, -0.15) is 0 Å². The van der Waals surface area contributed by atoms with Crippen molar-refractivity contribution in [2.75, 3.05) is 0 Å². The van der Waals surface area contributed by atoms with E-state index in [2.05, 4.69) is 41.5 Å². The molecule has 0 radical (unpaired) electrons. The van der Waals surface area contributed by atoms with Gasteiger partial charge in [0.1, 0.15) is 0 Å². The Bertz CT molecular complexity index is 424. The number of benzene rings is 1. The van der Waals surface area contributed by atoms with Crippen LogP contribution in [0.4, 0.5) is 0 Å². The number of H-pyrrole nitrogens is 1. The highest BCUT2D eigenvalue weighted by atomic mass is 14.7. The summed E-state index contributed by atoms with van der Waals surface area (Å²) in [5, 5.41) is 0. The third kappa shape index (κ3) is 1.35. The zero-order chi connectivity index (χ0) is 9.38. The van der Waals surface area contributed by atoms with Crippen molar-refractivity contribution in [2.24, 2.45) is 0 Å². The SMILES string of the molecule is c1ccc(-c2cc(C3CC3)c[nH]2)cc1. The maximum Gasteiger partial charge on any atom is 0.0456 e. The van der Waals surface area contributed by atoms with Crippen LogP contribution in [0.2, 0.25) is 0 Å². The lowest BCUT2D eigenvalue weighted by molar-refractivity contribution is 1.13. The number of hydrogen-bond donors (Lipinski definition) is 1. The highest BCUT2D eigenvalue weighted by Crippen LogP contribution is 2.41. The fraction of sp³-hybridized carbons (Fsp3) is 0.231. The molecule has 3 rings (SSSR count). The van der Waals surface area contributed by atoms with Crippen molar-refractivity contribution < 1.29 is 0 Å². The lowest BCUT2D eigenvalue weighted by atomic mass is 10.1. The summed E-state index contributed by atoms with van der Waals surface area (Å²) in [6.45, 7) is 0. The summed E-state index contributed by atoms with van der Waals surface area (Å²) in [6, 6.07) is 12.8. The predicted molar refractivity (Wildman–Crippen MR) is 58.2 cm³/mol. The second kappa shape index (κ2) is 3.02. The van der Waals surface area contributed by atoms with Crippen molar-refractivity contribution in [3.8, 4) is 11.3 Å². The van der Waals surface area contributed by atoms with Crippen LogP contribution < -0.4 is 0 Å². The number of aromatic nitrogens is 1. The molecule has 0 amide bonds.